The van der Waals surface area contributed by atoms with Crippen LogP contribution in [0, 0.1) is 4.91 Å². The van der Waals surface area contributed by atoms with E-state index in [9.17, 15) is 10.0 Å². The first-order valence-electron chi connectivity index (χ1n) is 3.93. The summed E-state index contributed by atoms with van der Waals surface area (Å²) in [5.41, 5.74) is 1.14. The van der Waals surface area contributed by atoms with Crippen LogP contribution in [0.2, 0.25) is 0 Å². The summed E-state index contributed by atoms with van der Waals surface area (Å²) in [6.45, 7) is 2.06. The Morgan fingerprint density at radius 2 is 2.25 bits per heavy atom. The molecule has 1 aromatic carbocycles. The molecule has 0 fully saturated rings. The molecule has 0 aliphatic carbocycles. The maximum atomic E-state index is 10.1. The van der Waals surface area contributed by atoms with Gasteiger partial charge in [-0.2, -0.15) is 0 Å². The first-order valence-corrected chi connectivity index (χ1v) is 3.93. The number of aryl methyl sites for hydroxylation is 1. The SMILES string of the molecule is CCCc1ccc(N=O)c(O)c1. The third-order valence-electron chi connectivity index (χ3n) is 1.68. The lowest BCUT2D eigenvalue weighted by Gasteiger charge is -1.99. The van der Waals surface area contributed by atoms with Crippen LogP contribution in [-0.4, -0.2) is 5.11 Å². The van der Waals surface area contributed by atoms with Crippen molar-refractivity contribution in [2.24, 2.45) is 5.18 Å². The molecule has 64 valence electrons. The maximum absolute atomic E-state index is 10.1. The smallest absolute Gasteiger partial charge is 0.149 e. The predicted molar refractivity (Wildman–Crippen MR) is 47.6 cm³/mol. The van der Waals surface area contributed by atoms with E-state index >= 15 is 0 Å². The topological polar surface area (TPSA) is 49.7 Å². The molecule has 0 saturated heterocycles. The molecule has 0 aliphatic rings. The van der Waals surface area contributed by atoms with Crippen molar-refractivity contribution in [3.05, 3.63) is 28.7 Å². The van der Waals surface area contributed by atoms with E-state index < -0.39 is 0 Å². The highest BCUT2D eigenvalue weighted by atomic mass is 16.3. The lowest BCUT2D eigenvalue weighted by molar-refractivity contribution is 0.476. The average molecular weight is 165 g/mol. The van der Waals surface area contributed by atoms with E-state index in [0.717, 1.165) is 18.4 Å². The number of aromatic hydroxyl groups is 1. The van der Waals surface area contributed by atoms with Gasteiger partial charge in [-0.05, 0) is 29.3 Å². The molecule has 0 spiro atoms. The Kier molecular flexibility index (Phi) is 2.80. The van der Waals surface area contributed by atoms with Crippen LogP contribution in [0.15, 0.2) is 23.4 Å². The zero-order valence-corrected chi connectivity index (χ0v) is 6.95. The third kappa shape index (κ3) is 1.81. The second-order valence-electron chi connectivity index (χ2n) is 2.66. The molecule has 0 radical (unpaired) electrons. The van der Waals surface area contributed by atoms with E-state index in [1.54, 1.807) is 12.1 Å². The monoisotopic (exact) mass is 165 g/mol. The number of rotatable bonds is 3. The van der Waals surface area contributed by atoms with E-state index in [0.29, 0.717) is 0 Å². The maximum Gasteiger partial charge on any atom is 0.149 e. The number of nitroso groups, excluding NO2 is 1. The van der Waals surface area contributed by atoms with Crippen molar-refractivity contribution in [3.63, 3.8) is 0 Å². The number of benzene rings is 1. The summed E-state index contributed by atoms with van der Waals surface area (Å²) in [5.74, 6) is -0.0315. The van der Waals surface area contributed by atoms with Gasteiger partial charge in [0.15, 0.2) is 0 Å². The lowest BCUT2D eigenvalue weighted by Crippen LogP contribution is -1.81. The van der Waals surface area contributed by atoms with Crippen LogP contribution >= 0.6 is 0 Å². The molecule has 0 bridgehead atoms. The molecule has 0 aliphatic heterocycles. The van der Waals surface area contributed by atoms with Crippen molar-refractivity contribution < 1.29 is 5.11 Å². The molecule has 12 heavy (non-hydrogen) atoms. The van der Waals surface area contributed by atoms with Crippen LogP contribution in [0.5, 0.6) is 5.75 Å². The first-order chi connectivity index (χ1) is 5.77. The van der Waals surface area contributed by atoms with E-state index in [1.807, 2.05) is 0 Å². The van der Waals surface area contributed by atoms with Gasteiger partial charge in [0.1, 0.15) is 11.4 Å². The standard InChI is InChI=1S/C9H11NO2/c1-2-3-7-4-5-8(10-12)9(11)6-7/h4-6,11H,2-3H2,1H3. The number of phenols is 1. The van der Waals surface area contributed by atoms with Crippen molar-refractivity contribution in [2.75, 3.05) is 0 Å². The summed E-state index contributed by atoms with van der Waals surface area (Å²) in [6, 6.07) is 4.92. The van der Waals surface area contributed by atoms with E-state index in [2.05, 4.69) is 12.1 Å². The Labute approximate surface area is 71.0 Å². The fraction of sp³-hybridized carbons (Fsp3) is 0.333. The summed E-state index contributed by atoms with van der Waals surface area (Å²) in [7, 11) is 0. The normalized spacial score (nSPS) is 9.75. The summed E-state index contributed by atoms with van der Waals surface area (Å²) in [5, 5.41) is 11.9. The Balaban J connectivity index is 2.93. The number of hydrogen-bond donors (Lipinski definition) is 1. The van der Waals surface area contributed by atoms with Crippen molar-refractivity contribution in [2.45, 2.75) is 19.8 Å². The molecule has 0 aromatic heterocycles. The van der Waals surface area contributed by atoms with Crippen LogP contribution in [0.1, 0.15) is 18.9 Å². The molecule has 0 saturated carbocycles. The van der Waals surface area contributed by atoms with Gasteiger partial charge in [0.05, 0.1) is 0 Å². The first kappa shape index (κ1) is 8.71. The van der Waals surface area contributed by atoms with Crippen LogP contribution < -0.4 is 0 Å². The largest absolute Gasteiger partial charge is 0.506 e. The molecular formula is C9H11NO2. The predicted octanol–water partition coefficient (Wildman–Crippen LogP) is 2.74. The van der Waals surface area contributed by atoms with Gasteiger partial charge in [-0.1, -0.05) is 19.4 Å². The van der Waals surface area contributed by atoms with E-state index in [1.165, 1.54) is 6.07 Å². The molecule has 3 heteroatoms. The van der Waals surface area contributed by atoms with Crippen molar-refractivity contribution >= 4 is 5.69 Å². The number of nitrogens with zero attached hydrogens (tertiary/aromatic N) is 1. The minimum atomic E-state index is -0.0315. The zero-order chi connectivity index (χ0) is 8.97. The molecule has 0 heterocycles. The molecule has 1 N–H and O–H groups in total. The molecule has 0 amide bonds. The van der Waals surface area contributed by atoms with Gasteiger partial charge < -0.3 is 5.11 Å². The molecule has 1 aromatic rings. The summed E-state index contributed by atoms with van der Waals surface area (Å²) in [6.07, 6.45) is 1.93. The average Bonchev–Trinajstić information content (AvgIpc) is 2.05. The van der Waals surface area contributed by atoms with Gasteiger partial charge >= 0.3 is 0 Å². The number of hydrogen-bond acceptors (Lipinski definition) is 3. The van der Waals surface area contributed by atoms with Gasteiger partial charge in [-0.25, -0.2) is 0 Å². The fourth-order valence-corrected chi connectivity index (χ4v) is 1.09. The second kappa shape index (κ2) is 3.85. The zero-order valence-electron chi connectivity index (χ0n) is 6.95. The fourth-order valence-electron chi connectivity index (χ4n) is 1.09. The summed E-state index contributed by atoms with van der Waals surface area (Å²) < 4.78 is 0. The summed E-state index contributed by atoms with van der Waals surface area (Å²) in [4.78, 5) is 10.1. The Bertz CT molecular complexity index is 284. The summed E-state index contributed by atoms with van der Waals surface area (Å²) >= 11 is 0. The van der Waals surface area contributed by atoms with Crippen LogP contribution in [0.4, 0.5) is 5.69 Å². The van der Waals surface area contributed by atoms with Crippen molar-refractivity contribution in [1.82, 2.24) is 0 Å². The van der Waals surface area contributed by atoms with Crippen LogP contribution in [0.3, 0.4) is 0 Å². The van der Waals surface area contributed by atoms with Crippen LogP contribution in [-0.2, 0) is 6.42 Å². The van der Waals surface area contributed by atoms with Gasteiger partial charge in [-0.15, -0.1) is 4.91 Å². The molecule has 3 nitrogen and oxygen atoms in total. The third-order valence-corrected chi connectivity index (χ3v) is 1.68. The van der Waals surface area contributed by atoms with Crippen LogP contribution in [0.25, 0.3) is 0 Å². The Morgan fingerprint density at radius 3 is 2.75 bits per heavy atom. The molecule has 1 rings (SSSR count). The van der Waals surface area contributed by atoms with Gasteiger partial charge in [-0.3, -0.25) is 0 Å². The highest BCUT2D eigenvalue weighted by molar-refractivity contribution is 5.52. The highest BCUT2D eigenvalue weighted by Gasteiger charge is 2.01. The highest BCUT2D eigenvalue weighted by Crippen LogP contribution is 2.26. The van der Waals surface area contributed by atoms with E-state index in [4.69, 9.17) is 0 Å². The minimum Gasteiger partial charge on any atom is -0.506 e. The second-order valence-corrected chi connectivity index (χ2v) is 2.66. The Morgan fingerprint density at radius 1 is 1.50 bits per heavy atom. The Hall–Kier alpha value is -1.38. The number of phenolic OH excluding ortho intramolecular Hbond substituents is 1. The molecule has 0 unspecified atom stereocenters. The lowest BCUT2D eigenvalue weighted by atomic mass is 10.1. The van der Waals surface area contributed by atoms with Crippen molar-refractivity contribution in [3.8, 4) is 5.75 Å². The minimum absolute atomic E-state index is 0.0315. The molecular weight excluding hydrogens is 154 g/mol. The van der Waals surface area contributed by atoms with Gasteiger partial charge in [0.25, 0.3) is 0 Å². The van der Waals surface area contributed by atoms with Gasteiger partial charge in [0, 0.05) is 0 Å². The van der Waals surface area contributed by atoms with Gasteiger partial charge in [0.2, 0.25) is 0 Å². The van der Waals surface area contributed by atoms with Crippen molar-refractivity contribution in [1.29, 1.82) is 0 Å². The molecule has 0 atom stereocenters. The van der Waals surface area contributed by atoms with E-state index in [-0.39, 0.29) is 11.4 Å². The quantitative estimate of drug-likeness (QED) is 0.700.